The molecule has 108 valence electrons. The van der Waals surface area contributed by atoms with Gasteiger partial charge in [-0.05, 0) is 35.4 Å². The Morgan fingerprint density at radius 1 is 1.10 bits per heavy atom. The zero-order valence-electron chi connectivity index (χ0n) is 10.9. The largest absolute Gasteiger partial charge is 0.482 e. The van der Waals surface area contributed by atoms with Gasteiger partial charge in [0.1, 0.15) is 5.75 Å². The van der Waals surface area contributed by atoms with Gasteiger partial charge in [-0.3, -0.25) is 4.79 Å². The lowest BCUT2D eigenvalue weighted by Crippen LogP contribution is -2.25. The number of carbonyl (C=O) groups excluding carboxylic acids is 1. The van der Waals surface area contributed by atoms with E-state index in [4.69, 9.17) is 33.7 Å². The van der Waals surface area contributed by atoms with E-state index in [0.717, 1.165) is 11.1 Å². The van der Waals surface area contributed by atoms with Gasteiger partial charge >= 0.3 is 0 Å². The van der Waals surface area contributed by atoms with Crippen molar-refractivity contribution in [1.82, 2.24) is 0 Å². The second-order valence-corrected chi connectivity index (χ2v) is 5.56. The molecule has 3 rings (SSSR count). The van der Waals surface area contributed by atoms with Gasteiger partial charge in [-0.25, -0.2) is 0 Å². The van der Waals surface area contributed by atoms with Crippen LogP contribution in [0.15, 0.2) is 36.4 Å². The molecule has 2 aromatic carbocycles. The van der Waals surface area contributed by atoms with Crippen LogP contribution in [0, 0.1) is 0 Å². The molecule has 21 heavy (non-hydrogen) atoms. The van der Waals surface area contributed by atoms with Crippen molar-refractivity contribution in [2.24, 2.45) is 5.73 Å². The molecule has 1 atom stereocenters. The van der Waals surface area contributed by atoms with Gasteiger partial charge in [-0.1, -0.05) is 35.3 Å². The lowest BCUT2D eigenvalue weighted by atomic mass is 9.99. The molecule has 0 saturated carbocycles. The van der Waals surface area contributed by atoms with Crippen molar-refractivity contribution < 1.29 is 9.53 Å². The molecule has 0 fully saturated rings. The van der Waals surface area contributed by atoms with Crippen LogP contribution >= 0.6 is 23.2 Å². The third-order valence-electron chi connectivity index (χ3n) is 3.30. The van der Waals surface area contributed by atoms with Gasteiger partial charge in [0.25, 0.3) is 5.91 Å². The predicted molar refractivity (Wildman–Crippen MR) is 83.1 cm³/mol. The molecule has 0 aromatic heterocycles. The number of amides is 1. The first-order valence-corrected chi connectivity index (χ1v) is 7.07. The molecule has 1 unspecified atom stereocenters. The van der Waals surface area contributed by atoms with Gasteiger partial charge in [-0.2, -0.15) is 0 Å². The van der Waals surface area contributed by atoms with Crippen LogP contribution in [-0.2, 0) is 4.79 Å². The fourth-order valence-corrected chi connectivity index (χ4v) is 2.50. The van der Waals surface area contributed by atoms with Crippen molar-refractivity contribution in [3.8, 4) is 5.75 Å². The highest BCUT2D eigenvalue weighted by atomic mass is 35.5. The number of benzene rings is 2. The van der Waals surface area contributed by atoms with Crippen LogP contribution in [-0.4, -0.2) is 12.5 Å². The molecule has 0 aliphatic carbocycles. The predicted octanol–water partition coefficient (Wildman–Crippen LogP) is 3.37. The molecule has 0 radical (unpaired) electrons. The van der Waals surface area contributed by atoms with E-state index in [2.05, 4.69) is 5.32 Å². The number of hydrogen-bond acceptors (Lipinski definition) is 3. The average molecular weight is 323 g/mol. The fraction of sp³-hybridized carbons (Fsp3) is 0.133. The molecule has 4 nitrogen and oxygen atoms in total. The highest BCUT2D eigenvalue weighted by molar-refractivity contribution is 6.42. The van der Waals surface area contributed by atoms with Gasteiger partial charge in [0.15, 0.2) is 6.61 Å². The standard InChI is InChI=1S/C15H12Cl2N2O2/c16-10-3-1-8(5-11(10)17)15(18)9-2-4-13-12(6-9)19-14(20)7-21-13/h1-6,15H,7,18H2,(H,19,20). The SMILES string of the molecule is NC(c1ccc(Cl)c(Cl)c1)c1ccc2c(c1)NC(=O)CO2. The van der Waals surface area contributed by atoms with E-state index in [9.17, 15) is 4.79 Å². The molecular formula is C15H12Cl2N2O2. The van der Waals surface area contributed by atoms with Crippen LogP contribution in [0.2, 0.25) is 10.0 Å². The summed E-state index contributed by atoms with van der Waals surface area (Å²) in [5, 5.41) is 3.70. The minimum absolute atomic E-state index is 0.0329. The zero-order chi connectivity index (χ0) is 15.0. The maximum atomic E-state index is 11.4. The minimum Gasteiger partial charge on any atom is -0.482 e. The third kappa shape index (κ3) is 2.83. The summed E-state index contributed by atoms with van der Waals surface area (Å²) in [7, 11) is 0. The summed E-state index contributed by atoms with van der Waals surface area (Å²) in [5.41, 5.74) is 8.56. The second-order valence-electron chi connectivity index (χ2n) is 4.74. The van der Waals surface area contributed by atoms with Crippen molar-refractivity contribution >= 4 is 34.8 Å². The molecule has 0 bridgehead atoms. The Morgan fingerprint density at radius 3 is 2.57 bits per heavy atom. The van der Waals surface area contributed by atoms with E-state index in [-0.39, 0.29) is 18.6 Å². The lowest BCUT2D eigenvalue weighted by Gasteiger charge is -2.20. The zero-order valence-corrected chi connectivity index (χ0v) is 12.4. The van der Waals surface area contributed by atoms with Crippen molar-refractivity contribution in [3.05, 3.63) is 57.6 Å². The number of hydrogen-bond donors (Lipinski definition) is 2. The van der Waals surface area contributed by atoms with Gasteiger partial charge in [0, 0.05) is 0 Å². The Balaban J connectivity index is 1.94. The Morgan fingerprint density at radius 2 is 1.81 bits per heavy atom. The van der Waals surface area contributed by atoms with Crippen LogP contribution < -0.4 is 15.8 Å². The number of rotatable bonds is 2. The molecule has 3 N–H and O–H groups in total. The van der Waals surface area contributed by atoms with Crippen LogP contribution in [0.1, 0.15) is 17.2 Å². The summed E-state index contributed by atoms with van der Waals surface area (Å²) < 4.78 is 5.32. The van der Waals surface area contributed by atoms with Gasteiger partial charge in [0.05, 0.1) is 21.8 Å². The van der Waals surface area contributed by atoms with Gasteiger partial charge in [-0.15, -0.1) is 0 Å². The second kappa shape index (κ2) is 5.56. The number of halogens is 2. The Hall–Kier alpha value is -1.75. The van der Waals surface area contributed by atoms with Crippen molar-refractivity contribution in [1.29, 1.82) is 0 Å². The third-order valence-corrected chi connectivity index (χ3v) is 4.04. The number of anilines is 1. The van der Waals surface area contributed by atoms with E-state index < -0.39 is 0 Å². The van der Waals surface area contributed by atoms with E-state index in [0.29, 0.717) is 21.5 Å². The van der Waals surface area contributed by atoms with Crippen molar-refractivity contribution in [2.75, 3.05) is 11.9 Å². The maximum absolute atomic E-state index is 11.4. The summed E-state index contributed by atoms with van der Waals surface area (Å²) in [5.74, 6) is 0.461. The van der Waals surface area contributed by atoms with Gasteiger partial charge < -0.3 is 15.8 Å². The van der Waals surface area contributed by atoms with Crippen LogP contribution in [0.3, 0.4) is 0 Å². The topological polar surface area (TPSA) is 64.3 Å². The fourth-order valence-electron chi connectivity index (χ4n) is 2.19. The average Bonchev–Trinajstić information content (AvgIpc) is 2.48. The molecule has 1 aliphatic rings. The molecule has 1 amide bonds. The summed E-state index contributed by atoms with van der Waals surface area (Å²) in [6.45, 7) is 0.0329. The highest BCUT2D eigenvalue weighted by Gasteiger charge is 2.18. The number of nitrogens with one attached hydrogen (secondary N) is 1. The Kier molecular flexibility index (Phi) is 3.76. The van der Waals surface area contributed by atoms with Crippen molar-refractivity contribution in [2.45, 2.75) is 6.04 Å². The molecule has 1 heterocycles. The molecule has 1 aliphatic heterocycles. The number of nitrogens with two attached hydrogens (primary N) is 1. The maximum Gasteiger partial charge on any atom is 0.262 e. The Labute approximate surface area is 131 Å². The quantitative estimate of drug-likeness (QED) is 0.890. The van der Waals surface area contributed by atoms with Crippen LogP contribution in [0.4, 0.5) is 5.69 Å². The van der Waals surface area contributed by atoms with E-state index in [1.807, 2.05) is 12.1 Å². The highest BCUT2D eigenvalue weighted by Crippen LogP contribution is 2.33. The number of ether oxygens (including phenoxy) is 1. The van der Waals surface area contributed by atoms with Crippen LogP contribution in [0.5, 0.6) is 5.75 Å². The van der Waals surface area contributed by atoms with Crippen LogP contribution in [0.25, 0.3) is 0 Å². The minimum atomic E-state index is -0.371. The van der Waals surface area contributed by atoms with Gasteiger partial charge in [0.2, 0.25) is 0 Å². The van der Waals surface area contributed by atoms with E-state index in [1.54, 1.807) is 24.3 Å². The van der Waals surface area contributed by atoms with E-state index in [1.165, 1.54) is 0 Å². The molecule has 2 aromatic rings. The normalized spacial score (nSPS) is 14.9. The lowest BCUT2D eigenvalue weighted by molar-refractivity contribution is -0.118. The monoisotopic (exact) mass is 322 g/mol. The Bertz CT molecular complexity index is 719. The summed E-state index contributed by atoms with van der Waals surface area (Å²) in [6.07, 6.45) is 0. The van der Waals surface area contributed by atoms with Crippen molar-refractivity contribution in [3.63, 3.8) is 0 Å². The molecular weight excluding hydrogens is 311 g/mol. The van der Waals surface area contributed by atoms with E-state index >= 15 is 0 Å². The summed E-state index contributed by atoms with van der Waals surface area (Å²) in [4.78, 5) is 11.4. The first kappa shape index (κ1) is 14.2. The smallest absolute Gasteiger partial charge is 0.262 e. The first-order chi connectivity index (χ1) is 10.0. The number of carbonyl (C=O) groups is 1. The first-order valence-electron chi connectivity index (χ1n) is 6.32. The summed E-state index contributed by atoms with van der Waals surface area (Å²) >= 11 is 11.9. The number of fused-ring (bicyclic) bond motifs is 1. The summed E-state index contributed by atoms with van der Waals surface area (Å²) in [6, 6.07) is 10.4. The molecule has 6 heteroatoms. The molecule has 0 saturated heterocycles. The molecule has 0 spiro atoms.